The maximum Gasteiger partial charge on any atom is 0.252 e. The van der Waals surface area contributed by atoms with E-state index in [0.29, 0.717) is 23.4 Å². The minimum absolute atomic E-state index is 0.196. The van der Waals surface area contributed by atoms with Gasteiger partial charge in [-0.1, -0.05) is 23.7 Å². The van der Waals surface area contributed by atoms with E-state index < -0.39 is 42.1 Å². The van der Waals surface area contributed by atoms with Gasteiger partial charge in [0.15, 0.2) is 5.54 Å². The number of nitrogens with one attached hydrogen (secondary N) is 1. The van der Waals surface area contributed by atoms with E-state index in [1.54, 1.807) is 18.2 Å². The highest BCUT2D eigenvalue weighted by molar-refractivity contribution is 6.30. The van der Waals surface area contributed by atoms with Gasteiger partial charge in [-0.2, -0.15) is 0 Å². The number of benzene rings is 2. The molecule has 2 aromatic carbocycles. The van der Waals surface area contributed by atoms with Crippen molar-refractivity contribution in [3.8, 4) is 0 Å². The first-order chi connectivity index (χ1) is 13.7. The van der Waals surface area contributed by atoms with Crippen molar-refractivity contribution >= 4 is 29.6 Å². The predicted octanol–water partition coefficient (Wildman–Crippen LogP) is 4.20. The highest BCUT2D eigenvalue weighted by Gasteiger charge is 2.53. The normalized spacial score (nSPS) is 22.5. The summed E-state index contributed by atoms with van der Waals surface area (Å²) in [6.45, 7) is 0. The van der Waals surface area contributed by atoms with Crippen LogP contribution < -0.4 is 10.2 Å². The first kappa shape index (κ1) is 19.8. The van der Waals surface area contributed by atoms with Crippen molar-refractivity contribution < 1.29 is 22.8 Å². The van der Waals surface area contributed by atoms with Gasteiger partial charge in [-0.25, -0.2) is 13.2 Å². The molecule has 0 aromatic heterocycles. The van der Waals surface area contributed by atoms with Crippen LogP contribution >= 0.6 is 11.6 Å². The summed E-state index contributed by atoms with van der Waals surface area (Å²) in [6, 6.07) is 9.73. The van der Waals surface area contributed by atoms with Crippen LogP contribution in [-0.4, -0.2) is 24.3 Å². The van der Waals surface area contributed by atoms with Crippen LogP contribution in [0.5, 0.6) is 0 Å². The third-order valence-electron chi connectivity index (χ3n) is 5.68. The van der Waals surface area contributed by atoms with Gasteiger partial charge in [0.25, 0.3) is 11.8 Å². The molecule has 1 unspecified atom stereocenters. The molecule has 29 heavy (non-hydrogen) atoms. The van der Waals surface area contributed by atoms with Crippen molar-refractivity contribution in [3.05, 3.63) is 64.4 Å². The zero-order chi connectivity index (χ0) is 20.8. The Morgan fingerprint density at radius 2 is 1.97 bits per heavy atom. The maximum absolute atomic E-state index is 13.8. The van der Waals surface area contributed by atoms with E-state index >= 15 is 0 Å². The topological polar surface area (TPSA) is 49.4 Å². The van der Waals surface area contributed by atoms with Crippen molar-refractivity contribution in [1.29, 1.82) is 0 Å². The Labute approximate surface area is 170 Å². The van der Waals surface area contributed by atoms with Gasteiger partial charge in [-0.3, -0.25) is 14.5 Å². The molecular formula is C21H18ClF3N2O2. The van der Waals surface area contributed by atoms with Crippen molar-refractivity contribution in [2.45, 2.75) is 43.2 Å². The van der Waals surface area contributed by atoms with Crippen molar-refractivity contribution in [2.75, 3.05) is 4.90 Å². The van der Waals surface area contributed by atoms with Gasteiger partial charge < -0.3 is 5.32 Å². The Kier molecular flexibility index (Phi) is 4.81. The number of carbonyl (C=O) groups is 2. The minimum Gasteiger partial charge on any atom is -0.351 e. The number of alkyl halides is 2. The van der Waals surface area contributed by atoms with E-state index in [9.17, 15) is 22.8 Å². The fraction of sp³-hybridized carbons (Fsp3) is 0.333. The zero-order valence-electron chi connectivity index (χ0n) is 15.3. The van der Waals surface area contributed by atoms with E-state index in [0.717, 1.165) is 11.6 Å². The molecule has 2 aromatic rings. The first-order valence-corrected chi connectivity index (χ1v) is 9.61. The molecule has 4 rings (SSSR count). The minimum atomic E-state index is -2.80. The summed E-state index contributed by atoms with van der Waals surface area (Å²) in [6.07, 6.45) is 0.295. The fourth-order valence-corrected chi connectivity index (χ4v) is 4.43. The van der Waals surface area contributed by atoms with Gasteiger partial charge in [0.2, 0.25) is 6.41 Å². The van der Waals surface area contributed by atoms with Gasteiger partial charge >= 0.3 is 0 Å². The number of carbonyl (C=O) groups excluding carboxylic acids is 2. The lowest BCUT2D eigenvalue weighted by molar-refractivity contribution is -0.135. The predicted molar refractivity (Wildman–Crippen MR) is 103 cm³/mol. The lowest BCUT2D eigenvalue weighted by atomic mass is 9.84. The smallest absolute Gasteiger partial charge is 0.252 e. The Morgan fingerprint density at radius 1 is 1.21 bits per heavy atom. The van der Waals surface area contributed by atoms with Gasteiger partial charge in [-0.15, -0.1) is 0 Å². The fourth-order valence-electron chi connectivity index (χ4n) is 4.26. The third-order valence-corrected chi connectivity index (χ3v) is 5.91. The number of hydrogen-bond acceptors (Lipinski definition) is 2. The summed E-state index contributed by atoms with van der Waals surface area (Å²) in [5.41, 5.74) is 0.0410. The molecule has 2 amide bonds. The average Bonchev–Trinajstić information content (AvgIpc) is 3.00. The molecular weight excluding hydrogens is 405 g/mol. The molecule has 2 aliphatic carbocycles. The second kappa shape index (κ2) is 7.06. The van der Waals surface area contributed by atoms with Gasteiger partial charge in [-0.05, 0) is 54.3 Å². The standard InChI is InChI=1S/C21H18ClF3N2O2/c22-14-5-4-13-6-7-21(18(13)8-14,19(29)26-16-10-20(24,25)11-16)27(12-28)17-3-1-2-15(23)9-17/h1-5,8-9,12,16H,6-7,10-11H2,(H,26,29). The van der Waals surface area contributed by atoms with E-state index in [1.165, 1.54) is 23.1 Å². The Hall–Kier alpha value is -2.54. The second-order valence-corrected chi connectivity index (χ2v) is 7.99. The molecule has 1 saturated carbocycles. The molecule has 0 saturated heterocycles. The van der Waals surface area contributed by atoms with E-state index in [2.05, 4.69) is 5.32 Å². The molecule has 0 aliphatic heterocycles. The third kappa shape index (κ3) is 3.37. The summed E-state index contributed by atoms with van der Waals surface area (Å²) < 4.78 is 40.4. The molecule has 2 aliphatic rings. The Bertz CT molecular complexity index is 976. The van der Waals surface area contributed by atoms with Gasteiger partial charge in [0.05, 0.1) is 0 Å². The number of fused-ring (bicyclic) bond motifs is 1. The summed E-state index contributed by atoms with van der Waals surface area (Å²) in [5.74, 6) is -3.93. The van der Waals surface area contributed by atoms with Crippen LogP contribution in [0.2, 0.25) is 5.02 Å². The number of anilines is 1. The Morgan fingerprint density at radius 3 is 2.62 bits per heavy atom. The first-order valence-electron chi connectivity index (χ1n) is 9.23. The number of amides is 2. The zero-order valence-corrected chi connectivity index (χ0v) is 16.1. The lowest BCUT2D eigenvalue weighted by Gasteiger charge is -2.42. The number of rotatable bonds is 5. The van der Waals surface area contributed by atoms with Gasteiger partial charge in [0.1, 0.15) is 5.82 Å². The SMILES string of the molecule is O=CN(c1cccc(F)c1)C1(C(=O)NC2CC(F)(F)C2)CCc2ccc(Cl)cc21. The number of halogens is 4. The number of nitrogens with zero attached hydrogens (tertiary/aromatic N) is 1. The van der Waals surface area contributed by atoms with Crippen LogP contribution in [-0.2, 0) is 21.5 Å². The maximum atomic E-state index is 13.8. The number of aryl methyl sites for hydroxylation is 1. The van der Waals surface area contributed by atoms with E-state index in [4.69, 9.17) is 11.6 Å². The summed E-state index contributed by atoms with van der Waals surface area (Å²) >= 11 is 6.16. The summed E-state index contributed by atoms with van der Waals surface area (Å²) in [7, 11) is 0. The van der Waals surface area contributed by atoms with Gasteiger partial charge in [0, 0.05) is 29.6 Å². The quantitative estimate of drug-likeness (QED) is 0.734. The summed E-state index contributed by atoms with van der Waals surface area (Å²) in [5, 5.41) is 3.04. The monoisotopic (exact) mass is 422 g/mol. The van der Waals surface area contributed by atoms with Crippen molar-refractivity contribution in [1.82, 2.24) is 5.32 Å². The molecule has 0 spiro atoms. The summed E-state index contributed by atoms with van der Waals surface area (Å²) in [4.78, 5) is 26.7. The number of hydrogen-bond donors (Lipinski definition) is 1. The molecule has 1 N–H and O–H groups in total. The average molecular weight is 423 g/mol. The lowest BCUT2D eigenvalue weighted by Crippen LogP contribution is -2.60. The molecule has 1 atom stereocenters. The molecule has 0 radical (unpaired) electrons. The molecule has 0 bridgehead atoms. The highest BCUT2D eigenvalue weighted by atomic mass is 35.5. The molecule has 4 nitrogen and oxygen atoms in total. The molecule has 0 heterocycles. The van der Waals surface area contributed by atoms with Crippen LogP contribution in [0.3, 0.4) is 0 Å². The molecule has 152 valence electrons. The van der Waals surface area contributed by atoms with Crippen LogP contribution in [0.25, 0.3) is 0 Å². The van der Waals surface area contributed by atoms with E-state index in [1.807, 2.05) is 0 Å². The molecule has 1 fully saturated rings. The Balaban J connectivity index is 1.79. The highest BCUT2D eigenvalue weighted by Crippen LogP contribution is 2.46. The van der Waals surface area contributed by atoms with Crippen LogP contribution in [0.15, 0.2) is 42.5 Å². The van der Waals surface area contributed by atoms with Crippen LogP contribution in [0.4, 0.5) is 18.9 Å². The second-order valence-electron chi connectivity index (χ2n) is 7.55. The molecule has 8 heteroatoms. The largest absolute Gasteiger partial charge is 0.351 e. The van der Waals surface area contributed by atoms with Crippen LogP contribution in [0, 0.1) is 5.82 Å². The van der Waals surface area contributed by atoms with Crippen molar-refractivity contribution in [2.24, 2.45) is 0 Å². The van der Waals surface area contributed by atoms with Crippen molar-refractivity contribution in [3.63, 3.8) is 0 Å². The van der Waals surface area contributed by atoms with E-state index in [-0.39, 0.29) is 12.1 Å². The van der Waals surface area contributed by atoms with Crippen LogP contribution in [0.1, 0.15) is 30.4 Å².